The van der Waals surface area contributed by atoms with E-state index in [1.54, 1.807) is 31.4 Å². The van der Waals surface area contributed by atoms with Crippen molar-refractivity contribution in [2.45, 2.75) is 11.9 Å². The maximum absolute atomic E-state index is 12.0. The minimum Gasteiger partial charge on any atom is -0.497 e. The van der Waals surface area contributed by atoms with Crippen molar-refractivity contribution in [3.8, 4) is 5.75 Å². The number of hydrogen-bond acceptors (Lipinski definition) is 5. The topological polar surface area (TPSA) is 54.0 Å². The van der Waals surface area contributed by atoms with Crippen LogP contribution in [0.5, 0.6) is 5.75 Å². The van der Waals surface area contributed by atoms with Crippen LogP contribution in [0, 0.1) is 0 Å². The van der Waals surface area contributed by atoms with Gasteiger partial charge in [0.1, 0.15) is 18.5 Å². The lowest BCUT2D eigenvalue weighted by Gasteiger charge is -2.26. The van der Waals surface area contributed by atoms with Crippen LogP contribution in [0.4, 0.5) is 0 Å². The minimum absolute atomic E-state index is 0.138. The maximum Gasteiger partial charge on any atom is 0.338 e. The number of alkyl halides is 1. The molecule has 0 aliphatic carbocycles. The molecule has 1 aliphatic heterocycles. The van der Waals surface area contributed by atoms with Gasteiger partial charge in [0.2, 0.25) is 5.79 Å². The van der Waals surface area contributed by atoms with Gasteiger partial charge in [-0.3, -0.25) is 0 Å². The van der Waals surface area contributed by atoms with Crippen LogP contribution in [-0.4, -0.2) is 37.7 Å². The van der Waals surface area contributed by atoms with Crippen LogP contribution in [0.25, 0.3) is 0 Å². The first kappa shape index (κ1) is 17.9. The van der Waals surface area contributed by atoms with Gasteiger partial charge in [0.15, 0.2) is 0 Å². The third-order valence-electron chi connectivity index (χ3n) is 3.98. The highest BCUT2D eigenvalue weighted by molar-refractivity contribution is 9.09. The van der Waals surface area contributed by atoms with Gasteiger partial charge >= 0.3 is 5.97 Å². The standard InChI is InChI=1S/C19H19BrO5/c1-22-16-9-7-15(8-10-16)19(13-20)24-12-17(25-19)11-23-18(21)14-5-3-2-4-6-14/h2-10,17H,11-13H2,1H3/t17-,19+/m1/s1. The lowest BCUT2D eigenvalue weighted by Crippen LogP contribution is -2.31. The second-order valence-electron chi connectivity index (χ2n) is 5.63. The number of rotatable bonds is 6. The Balaban J connectivity index is 1.61. The number of ether oxygens (including phenoxy) is 4. The predicted octanol–water partition coefficient (Wildman–Crippen LogP) is 3.52. The van der Waals surface area contributed by atoms with E-state index in [1.807, 2.05) is 30.3 Å². The first-order chi connectivity index (χ1) is 12.2. The van der Waals surface area contributed by atoms with Crippen LogP contribution < -0.4 is 4.74 Å². The largest absolute Gasteiger partial charge is 0.497 e. The van der Waals surface area contributed by atoms with E-state index in [9.17, 15) is 4.79 Å². The maximum atomic E-state index is 12.0. The van der Waals surface area contributed by atoms with Crippen molar-refractivity contribution in [3.63, 3.8) is 0 Å². The number of benzene rings is 2. The molecule has 2 aromatic rings. The molecule has 0 amide bonds. The Labute approximate surface area is 155 Å². The number of carbonyl (C=O) groups excluding carboxylic acids is 1. The summed E-state index contributed by atoms with van der Waals surface area (Å²) in [5.74, 6) is -0.499. The number of esters is 1. The summed E-state index contributed by atoms with van der Waals surface area (Å²) in [7, 11) is 1.62. The fourth-order valence-electron chi connectivity index (χ4n) is 2.62. The molecule has 1 heterocycles. The van der Waals surface area contributed by atoms with Gasteiger partial charge in [0.05, 0.1) is 24.6 Å². The Morgan fingerprint density at radius 1 is 1.20 bits per heavy atom. The van der Waals surface area contributed by atoms with E-state index >= 15 is 0 Å². The fraction of sp³-hybridized carbons (Fsp3) is 0.316. The van der Waals surface area contributed by atoms with Gasteiger partial charge in [0.25, 0.3) is 0 Å². The molecule has 0 radical (unpaired) electrons. The van der Waals surface area contributed by atoms with Crippen molar-refractivity contribution >= 4 is 21.9 Å². The predicted molar refractivity (Wildman–Crippen MR) is 96.0 cm³/mol. The Bertz CT molecular complexity index is 704. The first-order valence-corrected chi connectivity index (χ1v) is 9.03. The van der Waals surface area contributed by atoms with Gasteiger partial charge in [-0.25, -0.2) is 4.79 Å². The van der Waals surface area contributed by atoms with Crippen LogP contribution >= 0.6 is 15.9 Å². The average Bonchev–Trinajstić information content (AvgIpc) is 3.11. The van der Waals surface area contributed by atoms with Gasteiger partial charge in [-0.2, -0.15) is 0 Å². The van der Waals surface area contributed by atoms with Crippen molar-refractivity contribution in [1.29, 1.82) is 0 Å². The van der Waals surface area contributed by atoms with Gasteiger partial charge in [0, 0.05) is 5.56 Å². The van der Waals surface area contributed by atoms with Crippen molar-refractivity contribution in [1.82, 2.24) is 0 Å². The van der Waals surface area contributed by atoms with Gasteiger partial charge in [-0.15, -0.1) is 0 Å². The van der Waals surface area contributed by atoms with E-state index in [0.29, 0.717) is 17.5 Å². The van der Waals surface area contributed by atoms with Gasteiger partial charge in [-0.1, -0.05) is 34.1 Å². The van der Waals surface area contributed by atoms with Crippen LogP contribution in [0.3, 0.4) is 0 Å². The highest BCUT2D eigenvalue weighted by Gasteiger charge is 2.42. The van der Waals surface area contributed by atoms with Crippen LogP contribution in [0.2, 0.25) is 0 Å². The zero-order valence-corrected chi connectivity index (χ0v) is 15.4. The fourth-order valence-corrected chi connectivity index (χ4v) is 3.23. The molecule has 0 saturated carbocycles. The Morgan fingerprint density at radius 2 is 1.92 bits per heavy atom. The summed E-state index contributed by atoms with van der Waals surface area (Å²) < 4.78 is 22.5. The van der Waals surface area contributed by atoms with Crippen LogP contribution in [0.15, 0.2) is 54.6 Å². The lowest BCUT2D eigenvalue weighted by atomic mass is 10.1. The number of halogens is 1. The summed E-state index contributed by atoms with van der Waals surface area (Å²) in [5, 5.41) is 0.468. The number of methoxy groups -OCH3 is 1. The summed E-state index contributed by atoms with van der Waals surface area (Å²) in [5.41, 5.74) is 1.39. The average molecular weight is 407 g/mol. The van der Waals surface area contributed by atoms with Crippen molar-refractivity contribution in [3.05, 3.63) is 65.7 Å². The second kappa shape index (κ2) is 7.99. The molecule has 0 spiro atoms. The van der Waals surface area contributed by atoms with Crippen molar-refractivity contribution in [2.24, 2.45) is 0 Å². The Hall–Kier alpha value is -1.89. The zero-order chi connectivity index (χ0) is 17.7. The van der Waals surface area contributed by atoms with Crippen molar-refractivity contribution in [2.75, 3.05) is 25.7 Å². The highest BCUT2D eigenvalue weighted by atomic mass is 79.9. The van der Waals surface area contributed by atoms with Crippen molar-refractivity contribution < 1.29 is 23.7 Å². The molecular formula is C19H19BrO5. The van der Waals surface area contributed by atoms with Gasteiger partial charge < -0.3 is 18.9 Å². The molecule has 2 atom stereocenters. The molecule has 25 heavy (non-hydrogen) atoms. The number of carbonyl (C=O) groups is 1. The van der Waals surface area contributed by atoms with Gasteiger partial charge in [-0.05, 0) is 36.4 Å². The highest BCUT2D eigenvalue weighted by Crippen LogP contribution is 2.36. The van der Waals surface area contributed by atoms with E-state index in [2.05, 4.69) is 15.9 Å². The van der Waals surface area contributed by atoms with E-state index in [0.717, 1.165) is 11.3 Å². The molecule has 0 bridgehead atoms. The molecule has 132 valence electrons. The summed E-state index contributed by atoms with van der Waals surface area (Å²) in [4.78, 5) is 12.0. The monoisotopic (exact) mass is 406 g/mol. The van der Waals surface area contributed by atoms with Crippen LogP contribution in [-0.2, 0) is 20.0 Å². The summed E-state index contributed by atoms with van der Waals surface area (Å²) in [6.07, 6.45) is -0.327. The summed E-state index contributed by atoms with van der Waals surface area (Å²) >= 11 is 3.46. The third kappa shape index (κ3) is 4.03. The SMILES string of the molecule is COc1ccc([C@@]2(CBr)OC[C@@H](COC(=O)c3ccccc3)O2)cc1. The van der Waals surface area contributed by atoms with E-state index < -0.39 is 5.79 Å². The molecule has 1 fully saturated rings. The molecule has 1 aliphatic rings. The van der Waals surface area contributed by atoms with E-state index in [1.165, 1.54) is 0 Å². The molecule has 0 N–H and O–H groups in total. The Morgan fingerprint density at radius 3 is 2.56 bits per heavy atom. The molecular weight excluding hydrogens is 388 g/mol. The lowest BCUT2D eigenvalue weighted by molar-refractivity contribution is -0.160. The second-order valence-corrected chi connectivity index (χ2v) is 6.19. The quantitative estimate of drug-likeness (QED) is 0.542. The molecule has 3 rings (SSSR count). The molecule has 2 aromatic carbocycles. The molecule has 0 unspecified atom stereocenters. The summed E-state index contributed by atoms with van der Waals surface area (Å²) in [6, 6.07) is 16.4. The molecule has 1 saturated heterocycles. The zero-order valence-electron chi connectivity index (χ0n) is 13.8. The van der Waals surface area contributed by atoms with E-state index in [-0.39, 0.29) is 18.7 Å². The van der Waals surface area contributed by atoms with Crippen LogP contribution in [0.1, 0.15) is 15.9 Å². The van der Waals surface area contributed by atoms with E-state index in [4.69, 9.17) is 18.9 Å². The first-order valence-electron chi connectivity index (χ1n) is 7.91. The number of hydrogen-bond donors (Lipinski definition) is 0. The third-order valence-corrected chi connectivity index (χ3v) is 4.71. The normalized spacial score (nSPS) is 22.6. The molecule has 6 heteroatoms. The minimum atomic E-state index is -0.893. The molecule has 0 aromatic heterocycles. The smallest absolute Gasteiger partial charge is 0.338 e. The Kier molecular flexibility index (Phi) is 5.73. The molecule has 5 nitrogen and oxygen atoms in total. The summed E-state index contributed by atoms with van der Waals surface area (Å²) in [6.45, 7) is 0.484.